The fraction of sp³-hybridized carbons (Fsp3) is 0.533. The van der Waals surface area contributed by atoms with E-state index in [1.54, 1.807) is 0 Å². The predicted molar refractivity (Wildman–Crippen MR) is 93.5 cm³/mol. The van der Waals surface area contributed by atoms with Gasteiger partial charge in [0, 0.05) is 36.3 Å². The van der Waals surface area contributed by atoms with E-state index < -0.39 is 5.54 Å². The van der Waals surface area contributed by atoms with Gasteiger partial charge in [0.15, 0.2) is 5.84 Å². The molecule has 0 radical (unpaired) electrons. The number of amidine groups is 1. The number of hydrogen-bond donors (Lipinski definition) is 2. The van der Waals surface area contributed by atoms with Crippen LogP contribution in [0.3, 0.4) is 0 Å². The predicted octanol–water partition coefficient (Wildman–Crippen LogP) is 1.93. The highest BCUT2D eigenvalue weighted by Crippen LogP contribution is 2.18. The summed E-state index contributed by atoms with van der Waals surface area (Å²) in [6.07, 6.45) is 0. The van der Waals surface area contributed by atoms with Crippen molar-refractivity contribution < 1.29 is 5.21 Å². The second-order valence-corrected chi connectivity index (χ2v) is 7.18. The number of nitrogens with zero attached hydrogens (tertiary/aromatic N) is 3. The molecule has 1 heterocycles. The van der Waals surface area contributed by atoms with Gasteiger partial charge < -0.3 is 10.9 Å². The number of oxime groups is 1. The largest absolute Gasteiger partial charge is 0.409 e. The minimum Gasteiger partial charge on any atom is -0.409 e. The number of hydrogen-bond acceptors (Lipinski definition) is 4. The summed E-state index contributed by atoms with van der Waals surface area (Å²) in [4.78, 5) is 4.72. The summed E-state index contributed by atoms with van der Waals surface area (Å²) in [5.74, 6) is 0.272. The monoisotopic (exact) mass is 402 g/mol. The van der Waals surface area contributed by atoms with Crippen molar-refractivity contribution in [2.45, 2.75) is 25.9 Å². The van der Waals surface area contributed by atoms with Gasteiger partial charge in [-0.1, -0.05) is 17.3 Å². The smallest absolute Gasteiger partial charge is 0.159 e. The molecule has 3 N–H and O–H groups in total. The van der Waals surface area contributed by atoms with Crippen molar-refractivity contribution in [3.8, 4) is 0 Å². The third-order valence-electron chi connectivity index (χ3n) is 4.22. The van der Waals surface area contributed by atoms with E-state index in [0.717, 1.165) is 32.7 Å². The Morgan fingerprint density at radius 1 is 1.24 bits per heavy atom. The molecule has 1 fully saturated rings. The summed E-state index contributed by atoms with van der Waals surface area (Å²) >= 11 is 2.32. The Labute approximate surface area is 139 Å². The van der Waals surface area contributed by atoms with Gasteiger partial charge >= 0.3 is 0 Å². The number of halogens is 1. The minimum absolute atomic E-state index is 0.272. The van der Waals surface area contributed by atoms with Gasteiger partial charge in [0.25, 0.3) is 0 Å². The van der Waals surface area contributed by atoms with E-state index >= 15 is 0 Å². The van der Waals surface area contributed by atoms with Gasteiger partial charge in [-0.25, -0.2) is 0 Å². The van der Waals surface area contributed by atoms with Crippen LogP contribution in [0.5, 0.6) is 0 Å². The van der Waals surface area contributed by atoms with Crippen LogP contribution in [0.1, 0.15) is 19.4 Å². The van der Waals surface area contributed by atoms with Crippen molar-refractivity contribution in [1.29, 1.82) is 0 Å². The van der Waals surface area contributed by atoms with Gasteiger partial charge in [-0.3, -0.25) is 9.80 Å². The normalized spacial score (nSPS) is 18.9. The molecule has 6 heteroatoms. The minimum atomic E-state index is -0.399. The zero-order valence-corrected chi connectivity index (χ0v) is 14.7. The maximum atomic E-state index is 8.90. The van der Waals surface area contributed by atoms with Crippen LogP contribution in [0, 0.1) is 3.57 Å². The number of nitrogens with two attached hydrogens (primary N) is 1. The van der Waals surface area contributed by atoms with Gasteiger partial charge in [-0.05, 0) is 54.1 Å². The molecule has 0 bridgehead atoms. The molecule has 0 amide bonds. The highest BCUT2D eigenvalue weighted by atomic mass is 127. The first kappa shape index (κ1) is 16.5. The zero-order chi connectivity index (χ0) is 15.5. The Bertz CT molecular complexity index is 493. The second kappa shape index (κ2) is 6.93. The van der Waals surface area contributed by atoms with Crippen LogP contribution >= 0.6 is 22.6 Å². The lowest BCUT2D eigenvalue weighted by atomic mass is 10.00. The maximum absolute atomic E-state index is 8.90. The van der Waals surface area contributed by atoms with Crippen molar-refractivity contribution in [2.24, 2.45) is 10.9 Å². The van der Waals surface area contributed by atoms with Crippen LogP contribution in [0.25, 0.3) is 0 Å². The molecule has 0 aromatic heterocycles. The molecule has 0 spiro atoms. The Morgan fingerprint density at radius 3 is 2.33 bits per heavy atom. The van der Waals surface area contributed by atoms with Gasteiger partial charge in [0.1, 0.15) is 0 Å². The van der Waals surface area contributed by atoms with Crippen LogP contribution < -0.4 is 5.73 Å². The van der Waals surface area contributed by atoms with E-state index in [4.69, 9.17) is 10.9 Å². The standard InChI is InChI=1S/C15H23IN4O/c1-15(2,14(17)18-21)20-9-7-19(8-10-20)11-12-3-5-13(16)6-4-12/h3-6,21H,7-11H2,1-2H3,(H2,17,18). The molecule has 5 nitrogen and oxygen atoms in total. The Morgan fingerprint density at radius 2 is 1.81 bits per heavy atom. The molecular formula is C15H23IN4O. The summed E-state index contributed by atoms with van der Waals surface area (Å²) in [7, 11) is 0. The molecule has 2 rings (SSSR count). The van der Waals surface area contributed by atoms with E-state index in [0.29, 0.717) is 0 Å². The average Bonchev–Trinajstić information content (AvgIpc) is 2.49. The molecule has 1 aromatic rings. The molecule has 116 valence electrons. The highest BCUT2D eigenvalue weighted by Gasteiger charge is 2.33. The first-order chi connectivity index (χ1) is 9.93. The van der Waals surface area contributed by atoms with Crippen LogP contribution in [-0.2, 0) is 6.54 Å². The fourth-order valence-electron chi connectivity index (χ4n) is 2.60. The van der Waals surface area contributed by atoms with E-state index in [-0.39, 0.29) is 5.84 Å². The summed E-state index contributed by atoms with van der Waals surface area (Å²) in [6.45, 7) is 8.81. The van der Waals surface area contributed by atoms with Crippen LogP contribution in [0.2, 0.25) is 0 Å². The SMILES string of the molecule is CC(C)(C(N)=NO)N1CCN(Cc2ccc(I)cc2)CC1. The molecule has 1 aromatic carbocycles. The van der Waals surface area contributed by atoms with Crippen LogP contribution in [0.4, 0.5) is 0 Å². The molecule has 0 aliphatic carbocycles. The molecular weight excluding hydrogens is 379 g/mol. The number of piperazine rings is 1. The van der Waals surface area contributed by atoms with Crippen LogP contribution in [0.15, 0.2) is 29.4 Å². The van der Waals surface area contributed by atoms with Gasteiger partial charge in [0.2, 0.25) is 0 Å². The molecule has 1 aliphatic heterocycles. The lowest BCUT2D eigenvalue weighted by Gasteiger charge is -2.43. The first-order valence-corrected chi connectivity index (χ1v) is 8.21. The lowest BCUT2D eigenvalue weighted by Crippen LogP contribution is -2.59. The molecule has 0 atom stereocenters. The van der Waals surface area contributed by atoms with E-state index in [2.05, 4.69) is 61.8 Å². The first-order valence-electron chi connectivity index (χ1n) is 7.13. The summed E-state index contributed by atoms with van der Waals surface area (Å²) in [6, 6.07) is 8.67. The second-order valence-electron chi connectivity index (χ2n) is 5.93. The van der Waals surface area contributed by atoms with Crippen molar-refractivity contribution in [2.75, 3.05) is 26.2 Å². The van der Waals surface area contributed by atoms with E-state index in [1.165, 1.54) is 9.13 Å². The maximum Gasteiger partial charge on any atom is 0.159 e. The third kappa shape index (κ3) is 4.08. The van der Waals surface area contributed by atoms with Crippen LogP contribution in [-0.4, -0.2) is 52.6 Å². The summed E-state index contributed by atoms with van der Waals surface area (Å²) in [5.41, 5.74) is 6.75. The van der Waals surface area contributed by atoms with Gasteiger partial charge in [-0.15, -0.1) is 0 Å². The average molecular weight is 402 g/mol. The molecule has 21 heavy (non-hydrogen) atoms. The Kier molecular flexibility index (Phi) is 5.45. The zero-order valence-electron chi connectivity index (χ0n) is 12.6. The topological polar surface area (TPSA) is 65.1 Å². The fourth-order valence-corrected chi connectivity index (χ4v) is 2.96. The van der Waals surface area contributed by atoms with Crippen molar-refractivity contribution in [1.82, 2.24) is 9.80 Å². The van der Waals surface area contributed by atoms with Crippen molar-refractivity contribution >= 4 is 28.4 Å². The van der Waals surface area contributed by atoms with Crippen molar-refractivity contribution in [3.05, 3.63) is 33.4 Å². The highest BCUT2D eigenvalue weighted by molar-refractivity contribution is 14.1. The lowest BCUT2D eigenvalue weighted by molar-refractivity contribution is 0.0794. The quantitative estimate of drug-likeness (QED) is 0.266. The molecule has 0 unspecified atom stereocenters. The third-order valence-corrected chi connectivity index (χ3v) is 4.94. The molecule has 0 saturated carbocycles. The summed E-state index contributed by atoms with van der Waals surface area (Å²) in [5, 5.41) is 12.1. The Balaban J connectivity index is 1.90. The van der Waals surface area contributed by atoms with Crippen molar-refractivity contribution in [3.63, 3.8) is 0 Å². The number of benzene rings is 1. The van der Waals surface area contributed by atoms with E-state index in [1.807, 2.05) is 13.8 Å². The molecule has 1 saturated heterocycles. The van der Waals surface area contributed by atoms with Gasteiger partial charge in [0.05, 0.1) is 5.54 Å². The van der Waals surface area contributed by atoms with Gasteiger partial charge in [-0.2, -0.15) is 0 Å². The Hall–Kier alpha value is -0.860. The number of rotatable bonds is 4. The molecule has 1 aliphatic rings. The van der Waals surface area contributed by atoms with E-state index in [9.17, 15) is 0 Å². The summed E-state index contributed by atoms with van der Waals surface area (Å²) < 4.78 is 1.27.